The Balaban J connectivity index is 1.94. The van der Waals surface area contributed by atoms with Crippen molar-refractivity contribution in [2.45, 2.75) is 20.4 Å². The van der Waals surface area contributed by atoms with Crippen LogP contribution in [0.5, 0.6) is 0 Å². The number of carbonyl (C=O) groups is 1. The molecule has 0 atom stereocenters. The predicted molar refractivity (Wildman–Crippen MR) is 92.0 cm³/mol. The molecule has 0 aliphatic rings. The smallest absolute Gasteiger partial charge is 0.259 e. The van der Waals surface area contributed by atoms with Gasteiger partial charge in [0.2, 0.25) is 5.43 Å². The minimum absolute atomic E-state index is 0.152. The van der Waals surface area contributed by atoms with E-state index in [9.17, 15) is 9.59 Å². The van der Waals surface area contributed by atoms with Crippen LogP contribution < -0.4 is 5.43 Å². The number of carbonyl (C=O) groups excluding carboxylic acids is 1. The minimum Gasteiger partial charge on any atom is -0.360 e. The van der Waals surface area contributed by atoms with Crippen molar-refractivity contribution in [2.75, 3.05) is 7.05 Å². The van der Waals surface area contributed by atoms with Gasteiger partial charge in [-0.2, -0.15) is 0 Å². The van der Waals surface area contributed by atoms with Gasteiger partial charge < -0.3 is 9.88 Å². The Kier molecular flexibility index (Phi) is 4.00. The van der Waals surface area contributed by atoms with Crippen LogP contribution in [-0.4, -0.2) is 27.8 Å². The lowest BCUT2D eigenvalue weighted by molar-refractivity contribution is 0.0783. The summed E-state index contributed by atoms with van der Waals surface area (Å²) in [5, 5.41) is 3.33. The minimum atomic E-state index is -0.303. The summed E-state index contributed by atoms with van der Waals surface area (Å²) in [5.74, 6) is -0.303. The van der Waals surface area contributed by atoms with Gasteiger partial charge in [0, 0.05) is 29.7 Å². The lowest BCUT2D eigenvalue weighted by Gasteiger charge is -2.15. The van der Waals surface area contributed by atoms with E-state index in [0.717, 1.165) is 21.8 Å². The number of para-hydroxylation sites is 1. The summed E-state index contributed by atoms with van der Waals surface area (Å²) in [5.41, 5.74) is 2.59. The van der Waals surface area contributed by atoms with Crippen LogP contribution >= 0.6 is 11.3 Å². The summed E-state index contributed by atoms with van der Waals surface area (Å²) in [7, 11) is 1.68. The highest BCUT2D eigenvalue weighted by atomic mass is 32.1. The number of aromatic nitrogens is 2. The Labute approximate surface area is 137 Å². The van der Waals surface area contributed by atoms with Gasteiger partial charge in [-0.05, 0) is 25.5 Å². The first-order valence-corrected chi connectivity index (χ1v) is 8.13. The van der Waals surface area contributed by atoms with E-state index in [4.69, 9.17) is 0 Å². The summed E-state index contributed by atoms with van der Waals surface area (Å²) in [6, 6.07) is 5.49. The highest BCUT2D eigenvalue weighted by Gasteiger charge is 2.18. The number of aromatic amines is 1. The van der Waals surface area contributed by atoms with Gasteiger partial charge in [-0.1, -0.05) is 12.1 Å². The van der Waals surface area contributed by atoms with E-state index in [1.165, 1.54) is 22.4 Å². The number of fused-ring (bicyclic) bond motifs is 1. The fourth-order valence-corrected chi connectivity index (χ4v) is 3.34. The van der Waals surface area contributed by atoms with E-state index in [-0.39, 0.29) is 16.9 Å². The van der Waals surface area contributed by atoms with Crippen LogP contribution in [0.15, 0.2) is 34.6 Å². The normalized spacial score (nSPS) is 10.9. The first-order valence-electron chi connectivity index (χ1n) is 7.25. The number of thiazole rings is 1. The lowest BCUT2D eigenvalue weighted by atomic mass is 10.1. The lowest BCUT2D eigenvalue weighted by Crippen LogP contribution is -2.30. The topological polar surface area (TPSA) is 66.1 Å². The Bertz CT molecular complexity index is 942. The zero-order valence-corrected chi connectivity index (χ0v) is 14.0. The average Bonchev–Trinajstić information content (AvgIpc) is 2.93. The predicted octanol–water partition coefficient (Wildman–Crippen LogP) is 2.87. The SMILES string of the molecule is Cc1csc(CN(C)C(=O)c2c[nH]c3c(C)cccc3c2=O)n1. The van der Waals surface area contributed by atoms with E-state index in [1.54, 1.807) is 13.1 Å². The zero-order chi connectivity index (χ0) is 16.6. The molecule has 1 amide bonds. The molecule has 118 valence electrons. The van der Waals surface area contributed by atoms with Crippen LogP contribution in [0.3, 0.4) is 0 Å². The zero-order valence-electron chi connectivity index (χ0n) is 13.2. The fourth-order valence-electron chi connectivity index (χ4n) is 2.52. The van der Waals surface area contributed by atoms with Crippen molar-refractivity contribution >= 4 is 28.1 Å². The number of benzene rings is 1. The molecule has 2 aromatic heterocycles. The van der Waals surface area contributed by atoms with Crippen molar-refractivity contribution in [3.8, 4) is 0 Å². The molecule has 0 spiro atoms. The summed E-state index contributed by atoms with van der Waals surface area (Å²) in [6.07, 6.45) is 1.50. The van der Waals surface area contributed by atoms with Crippen LogP contribution in [0, 0.1) is 13.8 Å². The second kappa shape index (κ2) is 5.96. The van der Waals surface area contributed by atoms with Gasteiger partial charge in [0.15, 0.2) is 0 Å². The van der Waals surface area contributed by atoms with Crippen molar-refractivity contribution in [1.82, 2.24) is 14.9 Å². The second-order valence-corrected chi connectivity index (χ2v) is 6.52. The van der Waals surface area contributed by atoms with Crippen LogP contribution in [0.2, 0.25) is 0 Å². The van der Waals surface area contributed by atoms with Crippen molar-refractivity contribution in [2.24, 2.45) is 0 Å². The molecule has 0 saturated carbocycles. The van der Waals surface area contributed by atoms with Gasteiger partial charge in [-0.3, -0.25) is 9.59 Å². The van der Waals surface area contributed by atoms with Gasteiger partial charge in [-0.15, -0.1) is 11.3 Å². The van der Waals surface area contributed by atoms with Gasteiger partial charge in [0.25, 0.3) is 5.91 Å². The van der Waals surface area contributed by atoms with Crippen LogP contribution in [0.25, 0.3) is 10.9 Å². The number of H-pyrrole nitrogens is 1. The third-order valence-electron chi connectivity index (χ3n) is 3.74. The Hall–Kier alpha value is -2.47. The molecule has 23 heavy (non-hydrogen) atoms. The number of hydrogen-bond donors (Lipinski definition) is 1. The molecular weight excluding hydrogens is 310 g/mol. The maximum absolute atomic E-state index is 12.6. The molecule has 0 saturated heterocycles. The molecule has 0 unspecified atom stereocenters. The van der Waals surface area contributed by atoms with Crippen molar-refractivity contribution in [3.05, 3.63) is 61.8 Å². The standard InChI is InChI=1S/C17H17N3O2S/c1-10-5-4-6-12-15(10)18-7-13(16(12)21)17(22)20(3)8-14-19-11(2)9-23-14/h4-7,9H,8H2,1-3H3,(H,18,21). The number of amides is 1. The number of pyridine rings is 1. The van der Waals surface area contributed by atoms with Crippen molar-refractivity contribution < 1.29 is 4.79 Å². The molecule has 0 aliphatic carbocycles. The maximum Gasteiger partial charge on any atom is 0.259 e. The average molecular weight is 327 g/mol. The Morgan fingerprint density at radius 1 is 1.35 bits per heavy atom. The molecule has 2 heterocycles. The molecule has 0 radical (unpaired) electrons. The summed E-state index contributed by atoms with van der Waals surface area (Å²) in [4.78, 5) is 34.1. The van der Waals surface area contributed by atoms with E-state index < -0.39 is 0 Å². The first-order chi connectivity index (χ1) is 11.0. The van der Waals surface area contributed by atoms with Crippen molar-refractivity contribution in [1.29, 1.82) is 0 Å². The van der Waals surface area contributed by atoms with Crippen LogP contribution in [0.1, 0.15) is 26.6 Å². The number of nitrogens with zero attached hydrogens (tertiary/aromatic N) is 2. The van der Waals surface area contributed by atoms with Crippen LogP contribution in [0.4, 0.5) is 0 Å². The number of rotatable bonds is 3. The number of aryl methyl sites for hydroxylation is 2. The monoisotopic (exact) mass is 327 g/mol. The fraction of sp³-hybridized carbons (Fsp3) is 0.235. The van der Waals surface area contributed by atoms with Gasteiger partial charge in [-0.25, -0.2) is 4.98 Å². The summed E-state index contributed by atoms with van der Waals surface area (Å²) < 4.78 is 0. The molecule has 0 aliphatic heterocycles. The van der Waals surface area contributed by atoms with E-state index in [2.05, 4.69) is 9.97 Å². The largest absolute Gasteiger partial charge is 0.360 e. The van der Waals surface area contributed by atoms with Gasteiger partial charge in [0.1, 0.15) is 10.6 Å². The summed E-state index contributed by atoms with van der Waals surface area (Å²) >= 11 is 1.51. The van der Waals surface area contributed by atoms with Crippen LogP contribution in [-0.2, 0) is 6.54 Å². The molecule has 1 N–H and O–H groups in total. The first kappa shape index (κ1) is 15.4. The highest BCUT2D eigenvalue weighted by Crippen LogP contribution is 2.15. The van der Waals surface area contributed by atoms with E-state index in [0.29, 0.717) is 11.9 Å². The Morgan fingerprint density at radius 2 is 2.13 bits per heavy atom. The number of hydrogen-bond acceptors (Lipinski definition) is 4. The molecule has 6 heteroatoms. The highest BCUT2D eigenvalue weighted by molar-refractivity contribution is 7.09. The Morgan fingerprint density at radius 3 is 2.83 bits per heavy atom. The molecule has 3 aromatic rings. The quantitative estimate of drug-likeness (QED) is 0.804. The number of nitrogens with one attached hydrogen (secondary N) is 1. The van der Waals surface area contributed by atoms with Gasteiger partial charge in [0.05, 0.1) is 12.1 Å². The third-order valence-corrected chi connectivity index (χ3v) is 4.69. The molecule has 1 aromatic carbocycles. The molecule has 0 bridgehead atoms. The van der Waals surface area contributed by atoms with E-state index in [1.807, 2.05) is 31.4 Å². The third kappa shape index (κ3) is 2.90. The molecule has 3 rings (SSSR count). The summed E-state index contributed by atoms with van der Waals surface area (Å²) in [6.45, 7) is 4.23. The maximum atomic E-state index is 12.6. The molecule has 0 fully saturated rings. The second-order valence-electron chi connectivity index (χ2n) is 5.57. The van der Waals surface area contributed by atoms with Gasteiger partial charge >= 0.3 is 0 Å². The molecular formula is C17H17N3O2S. The molecule has 5 nitrogen and oxygen atoms in total. The van der Waals surface area contributed by atoms with E-state index >= 15 is 0 Å². The van der Waals surface area contributed by atoms with Crippen molar-refractivity contribution in [3.63, 3.8) is 0 Å².